The van der Waals surface area contributed by atoms with Crippen LogP contribution in [0.15, 0.2) is 17.3 Å². The van der Waals surface area contributed by atoms with Gasteiger partial charge in [-0.3, -0.25) is 0 Å². The van der Waals surface area contributed by atoms with E-state index in [1.165, 1.54) is 0 Å². The fraction of sp³-hybridized carbons (Fsp3) is 0.400. The van der Waals surface area contributed by atoms with Crippen LogP contribution in [0.5, 0.6) is 0 Å². The maximum Gasteiger partial charge on any atom is 0.178 e. The standard InChI is InChI=1S/C5H6NO/c1-2-4-7-5-6-3-1/h2,4H,1,5H2. The first-order valence-electron chi connectivity index (χ1n) is 2.16. The summed E-state index contributed by atoms with van der Waals surface area (Å²) >= 11 is 0. The molecule has 0 atom stereocenters. The summed E-state index contributed by atoms with van der Waals surface area (Å²) in [6.07, 6.45) is 7.05. The van der Waals surface area contributed by atoms with Gasteiger partial charge in [0.2, 0.25) is 0 Å². The summed E-state index contributed by atoms with van der Waals surface area (Å²) in [6, 6.07) is 0. The molecule has 0 aromatic rings. The molecule has 7 heavy (non-hydrogen) atoms. The lowest BCUT2D eigenvalue weighted by Crippen LogP contribution is -1.76. The zero-order valence-electron chi connectivity index (χ0n) is 3.92. The first-order chi connectivity index (χ1) is 3.50. The van der Waals surface area contributed by atoms with Crippen LogP contribution in [-0.4, -0.2) is 12.9 Å². The fourth-order valence-corrected chi connectivity index (χ4v) is 0.359. The molecular weight excluding hydrogens is 90.1 g/mol. The quantitative estimate of drug-likeness (QED) is 0.437. The van der Waals surface area contributed by atoms with Gasteiger partial charge < -0.3 is 4.74 Å². The molecule has 0 aliphatic carbocycles. The van der Waals surface area contributed by atoms with Gasteiger partial charge in [0.05, 0.1) is 12.5 Å². The highest BCUT2D eigenvalue weighted by molar-refractivity contribution is 5.59. The molecule has 1 aliphatic rings. The minimum atomic E-state index is 0.427. The van der Waals surface area contributed by atoms with Crippen molar-refractivity contribution in [3.05, 3.63) is 12.3 Å². The van der Waals surface area contributed by atoms with Crippen LogP contribution in [0, 0.1) is 0 Å². The highest BCUT2D eigenvalue weighted by Gasteiger charge is 1.79. The minimum absolute atomic E-state index is 0.427. The van der Waals surface area contributed by atoms with Gasteiger partial charge in [0.15, 0.2) is 6.73 Å². The molecule has 0 fully saturated rings. The van der Waals surface area contributed by atoms with Gasteiger partial charge in [-0.15, -0.1) is 0 Å². The molecule has 0 bridgehead atoms. The second-order valence-corrected chi connectivity index (χ2v) is 1.19. The van der Waals surface area contributed by atoms with Crippen molar-refractivity contribution in [1.29, 1.82) is 0 Å². The van der Waals surface area contributed by atoms with Crippen molar-refractivity contribution in [2.75, 3.05) is 6.73 Å². The van der Waals surface area contributed by atoms with Gasteiger partial charge in [-0.2, -0.15) is 0 Å². The van der Waals surface area contributed by atoms with Crippen molar-refractivity contribution in [3.8, 4) is 0 Å². The molecule has 0 N–H and O–H groups in total. The van der Waals surface area contributed by atoms with E-state index < -0.39 is 0 Å². The molecule has 2 nitrogen and oxygen atoms in total. The largest absolute Gasteiger partial charge is 0.479 e. The number of aliphatic imine (C=N–C) groups is 1. The number of hydrogen-bond donors (Lipinski definition) is 0. The molecule has 0 aromatic heterocycles. The Hall–Kier alpha value is -0.790. The van der Waals surface area contributed by atoms with Crippen LogP contribution >= 0.6 is 0 Å². The molecule has 0 aromatic carbocycles. The third-order valence-electron chi connectivity index (χ3n) is 0.652. The third kappa shape index (κ3) is 1.39. The predicted molar refractivity (Wildman–Crippen MR) is 27.1 cm³/mol. The van der Waals surface area contributed by atoms with Crippen molar-refractivity contribution >= 4 is 6.21 Å². The Morgan fingerprint density at radius 1 is 1.71 bits per heavy atom. The Balaban J connectivity index is 2.38. The van der Waals surface area contributed by atoms with Crippen molar-refractivity contribution in [3.63, 3.8) is 0 Å². The van der Waals surface area contributed by atoms with Gasteiger partial charge in [-0.1, -0.05) is 0 Å². The molecule has 0 saturated carbocycles. The van der Waals surface area contributed by atoms with Crippen LogP contribution in [0.3, 0.4) is 0 Å². The lowest BCUT2D eigenvalue weighted by atomic mass is 10.5. The SMILES string of the molecule is [C]1=NCOC=CC1. The summed E-state index contributed by atoms with van der Waals surface area (Å²) in [7, 11) is 0. The van der Waals surface area contributed by atoms with Crippen LogP contribution in [0.4, 0.5) is 0 Å². The van der Waals surface area contributed by atoms with Crippen LogP contribution in [0.25, 0.3) is 0 Å². The fourth-order valence-electron chi connectivity index (χ4n) is 0.359. The second kappa shape index (κ2) is 2.39. The summed E-state index contributed by atoms with van der Waals surface area (Å²) in [5.41, 5.74) is 0. The molecule has 37 valence electrons. The number of ether oxygens (including phenoxy) is 1. The highest BCUT2D eigenvalue weighted by Crippen LogP contribution is 1.87. The maximum absolute atomic E-state index is 4.78. The predicted octanol–water partition coefficient (Wildman–Crippen LogP) is 0.826. The number of rotatable bonds is 0. The number of hydrogen-bond acceptors (Lipinski definition) is 2. The van der Waals surface area contributed by atoms with E-state index >= 15 is 0 Å². The normalized spacial score (nSPS) is 18.3. The van der Waals surface area contributed by atoms with Crippen molar-refractivity contribution < 1.29 is 4.74 Å². The molecular formula is C5H6NO. The summed E-state index contributed by atoms with van der Waals surface area (Å²) in [5, 5.41) is 0. The van der Waals surface area contributed by atoms with Gasteiger partial charge >= 0.3 is 0 Å². The van der Waals surface area contributed by atoms with Crippen molar-refractivity contribution in [2.45, 2.75) is 6.42 Å². The summed E-state index contributed by atoms with van der Waals surface area (Å²) in [4.78, 5) is 3.74. The number of nitrogens with zero attached hydrogens (tertiary/aromatic N) is 1. The van der Waals surface area contributed by atoms with E-state index in [1.54, 1.807) is 6.26 Å². The minimum Gasteiger partial charge on any atom is -0.479 e. The zero-order chi connectivity index (χ0) is 4.95. The van der Waals surface area contributed by atoms with Crippen molar-refractivity contribution in [1.82, 2.24) is 0 Å². The Morgan fingerprint density at radius 2 is 2.71 bits per heavy atom. The van der Waals surface area contributed by atoms with E-state index in [4.69, 9.17) is 4.74 Å². The van der Waals surface area contributed by atoms with Gasteiger partial charge in [-0.25, -0.2) is 4.99 Å². The highest BCUT2D eigenvalue weighted by atomic mass is 16.5. The van der Waals surface area contributed by atoms with Gasteiger partial charge in [0.25, 0.3) is 0 Å². The topological polar surface area (TPSA) is 21.6 Å². The molecule has 1 radical (unpaired) electrons. The van der Waals surface area contributed by atoms with Crippen LogP contribution < -0.4 is 0 Å². The first-order valence-corrected chi connectivity index (χ1v) is 2.16. The summed E-state index contributed by atoms with van der Waals surface area (Å²) in [5.74, 6) is 0. The average molecular weight is 96.1 g/mol. The zero-order valence-corrected chi connectivity index (χ0v) is 3.92. The second-order valence-electron chi connectivity index (χ2n) is 1.19. The average Bonchev–Trinajstić information content (AvgIpc) is 1.90. The first kappa shape index (κ1) is 4.37. The van der Waals surface area contributed by atoms with E-state index in [1.807, 2.05) is 6.08 Å². The lowest BCUT2D eigenvalue weighted by molar-refractivity contribution is 0.263. The van der Waals surface area contributed by atoms with E-state index in [0.717, 1.165) is 6.42 Å². The molecule has 0 amide bonds. The Morgan fingerprint density at radius 3 is 3.71 bits per heavy atom. The molecule has 1 rings (SSSR count). The molecule has 0 spiro atoms. The van der Waals surface area contributed by atoms with Gasteiger partial charge in [0, 0.05) is 6.42 Å². The molecule has 1 aliphatic heterocycles. The molecule has 0 saturated heterocycles. The maximum atomic E-state index is 4.78. The Labute approximate surface area is 42.5 Å². The van der Waals surface area contributed by atoms with Crippen LogP contribution in [0.1, 0.15) is 6.42 Å². The number of allylic oxidation sites excluding steroid dienone is 1. The molecule has 2 heteroatoms. The van der Waals surface area contributed by atoms with E-state index in [2.05, 4.69) is 11.2 Å². The smallest absolute Gasteiger partial charge is 0.178 e. The molecule has 0 unspecified atom stereocenters. The molecule has 1 heterocycles. The van der Waals surface area contributed by atoms with Gasteiger partial charge in [-0.05, 0) is 6.08 Å². The summed E-state index contributed by atoms with van der Waals surface area (Å²) < 4.78 is 4.78. The van der Waals surface area contributed by atoms with E-state index in [9.17, 15) is 0 Å². The van der Waals surface area contributed by atoms with Gasteiger partial charge in [0.1, 0.15) is 0 Å². The Bertz CT molecular complexity index is 84.3. The third-order valence-corrected chi connectivity index (χ3v) is 0.652. The summed E-state index contributed by atoms with van der Waals surface area (Å²) in [6.45, 7) is 0.427. The van der Waals surface area contributed by atoms with Crippen LogP contribution in [-0.2, 0) is 4.74 Å². The lowest BCUT2D eigenvalue weighted by Gasteiger charge is -1.86. The van der Waals surface area contributed by atoms with Crippen molar-refractivity contribution in [2.24, 2.45) is 4.99 Å². The van der Waals surface area contributed by atoms with E-state index in [-0.39, 0.29) is 0 Å². The van der Waals surface area contributed by atoms with Crippen LogP contribution in [0.2, 0.25) is 0 Å². The monoisotopic (exact) mass is 96.0 g/mol. The van der Waals surface area contributed by atoms with E-state index in [0.29, 0.717) is 6.73 Å². The Kier molecular flexibility index (Phi) is 1.50.